The van der Waals surface area contributed by atoms with Crippen molar-refractivity contribution in [2.45, 2.75) is 128 Å². The molecule has 0 amide bonds. The first-order valence-electron chi connectivity index (χ1n) is 42.2. The van der Waals surface area contributed by atoms with E-state index >= 15 is 0 Å². The number of fused-ring (bicyclic) bond motifs is 24. The molecule has 123 heavy (non-hydrogen) atoms. The molecule has 0 saturated carbocycles. The number of hydrogen-bond donors (Lipinski definition) is 6. The first-order chi connectivity index (χ1) is 59.6. The summed E-state index contributed by atoms with van der Waals surface area (Å²) >= 11 is 10.7. The summed E-state index contributed by atoms with van der Waals surface area (Å²) in [6, 6.07) is 54.3. The number of ether oxygens (including phenoxy) is 4. The summed E-state index contributed by atoms with van der Waals surface area (Å²) in [4.78, 5) is 75.5. The number of nitrogens with zero attached hydrogens (tertiary/aromatic N) is 6. The number of halogens is 4. The third-order valence-electron chi connectivity index (χ3n) is 21.4. The predicted octanol–water partition coefficient (Wildman–Crippen LogP) is 27.0. The zero-order chi connectivity index (χ0) is 85.4. The van der Waals surface area contributed by atoms with Crippen LogP contribution in [0.25, 0.3) is 139 Å². The molecule has 0 unspecified atom stereocenters. The Balaban J connectivity index is 0.000000164. The van der Waals surface area contributed by atoms with Gasteiger partial charge in [-0.05, 0) is 381 Å². The molecule has 0 fully saturated rings. The van der Waals surface area contributed by atoms with E-state index in [9.17, 15) is 9.59 Å². The van der Waals surface area contributed by atoms with Gasteiger partial charge in [-0.1, -0.05) is 61.6 Å². The van der Waals surface area contributed by atoms with Gasteiger partial charge in [-0.15, -0.1) is 0 Å². The number of hydrogen-bond acceptors (Lipinski definition) is 12. The Hall–Kier alpha value is -10.1. The first-order valence-corrected chi connectivity index (χ1v) is 54.0. The minimum absolute atomic E-state index is 0. The van der Waals surface area contributed by atoms with Crippen LogP contribution in [0.4, 0.5) is 0 Å². The number of aromatic amines is 6. The fourth-order valence-electron chi connectivity index (χ4n) is 14.6. The molecule has 0 spiro atoms. The summed E-state index contributed by atoms with van der Waals surface area (Å²) in [5.74, 6) is 0.980. The summed E-state index contributed by atoms with van der Waals surface area (Å²) in [6.45, 7) is 15.8. The van der Waals surface area contributed by atoms with Crippen molar-refractivity contribution in [2.24, 2.45) is 0 Å². The molecule has 24 bridgehead atoms. The Kier molecular flexibility index (Phi) is 29.3. The molecule has 9 aromatic heterocycles. The Morgan fingerprint density at radius 1 is 0.317 bits per heavy atom. The fourth-order valence-corrected chi connectivity index (χ4v) is 18.3. The highest BCUT2D eigenvalue weighted by atomic mass is 127. The molecule has 632 valence electrons. The van der Waals surface area contributed by atoms with Crippen molar-refractivity contribution in [2.75, 3.05) is 31.8 Å². The lowest BCUT2D eigenvalue weighted by Gasteiger charge is -2.15. The van der Waals surface area contributed by atoms with Crippen molar-refractivity contribution >= 4 is 251 Å². The highest BCUT2D eigenvalue weighted by Crippen LogP contribution is 2.32. The summed E-state index contributed by atoms with van der Waals surface area (Å²) in [7, 11) is -2.47. The van der Waals surface area contributed by atoms with Crippen LogP contribution in [0.2, 0.25) is 51.4 Å². The van der Waals surface area contributed by atoms with Crippen LogP contribution in [0.5, 0.6) is 11.5 Å². The average molecular weight is 2070 g/mol. The van der Waals surface area contributed by atoms with E-state index in [4.69, 9.17) is 48.9 Å². The lowest BCUT2D eigenvalue weighted by atomic mass is 10.1. The number of aromatic nitrogens is 12. The number of rotatable bonds is 27. The second-order valence-electron chi connectivity index (χ2n) is 33.5. The molecular formula is C99H104BrI3N12O6Si2. The average Bonchev–Trinajstić information content (AvgIpc) is 1.48. The summed E-state index contributed by atoms with van der Waals surface area (Å²) in [5.41, 5.74) is 28.9. The number of esters is 2. The zero-order valence-electron chi connectivity index (χ0n) is 70.0. The molecule has 11 aromatic rings. The third-order valence-corrected chi connectivity index (χ3v) is 28.8. The van der Waals surface area contributed by atoms with Crippen molar-refractivity contribution < 1.29 is 31.4 Å². The second-order valence-corrected chi connectivity index (χ2v) is 48.8. The van der Waals surface area contributed by atoms with Gasteiger partial charge in [0.15, 0.2) is 0 Å². The van der Waals surface area contributed by atoms with E-state index in [1.165, 1.54) is 29.5 Å². The van der Waals surface area contributed by atoms with E-state index in [0.717, 1.165) is 238 Å². The Bertz CT molecular complexity index is 6490. The van der Waals surface area contributed by atoms with Crippen LogP contribution in [0.1, 0.15) is 166 Å². The van der Waals surface area contributed by atoms with Gasteiger partial charge in [0.2, 0.25) is 0 Å². The van der Waals surface area contributed by atoms with E-state index in [0.29, 0.717) is 37.6 Å². The van der Waals surface area contributed by atoms with Crippen LogP contribution in [0, 0.1) is 10.7 Å². The van der Waals surface area contributed by atoms with Crippen LogP contribution >= 0.6 is 83.7 Å². The Labute approximate surface area is 771 Å². The number of nitrogens with one attached hydrogen (secondary N) is 6. The number of unbranched alkanes of at least 4 members (excludes halogenated alkanes) is 6. The molecule has 24 heteroatoms. The number of carbonyl (C=O) groups excluding carboxylic acids is 2. The lowest BCUT2D eigenvalue weighted by Crippen LogP contribution is -2.22. The highest BCUT2D eigenvalue weighted by molar-refractivity contribution is 14.1. The SMILES string of the molecule is BrCCCCCc1c2nc(cc3ccc(cc4nc(cc5ccc1[nH]5)C=C4)[nH]3)C=C2.C[Si](C)(C)CCOC(=O)c1ccc(OCCCCCc2c3nc(c(I)c4nc(c(I)c5ccc([nH]5)c(I)c5ccc2[nH]5)C=C4)C=C3)cc1.C[Si](C)(C)CCOC(=O)c1ccc(OCCCCCc2c3nc(cc4nc(cc5ccc(cc6ccc2[nH]6)[nH]5)C=C4)C=C3)cc1.[HH].[HH]. The van der Waals surface area contributed by atoms with Crippen molar-refractivity contribution in [3.8, 4) is 11.5 Å². The van der Waals surface area contributed by atoms with Gasteiger partial charge < -0.3 is 48.9 Å². The van der Waals surface area contributed by atoms with Crippen molar-refractivity contribution in [1.29, 1.82) is 0 Å². The van der Waals surface area contributed by atoms with E-state index in [1.54, 1.807) is 24.3 Å². The predicted molar refractivity (Wildman–Crippen MR) is 546 cm³/mol. The van der Waals surface area contributed by atoms with E-state index in [1.807, 2.05) is 54.6 Å². The largest absolute Gasteiger partial charge is 0.494 e. The molecular weight excluding hydrogens is 1970 g/mol. The molecule has 6 N–H and O–H groups in total. The molecule has 17 rings (SSSR count). The molecule has 2 aromatic carbocycles. The van der Waals surface area contributed by atoms with Crippen LogP contribution in [0.3, 0.4) is 0 Å². The quantitative estimate of drug-likeness (QED) is 0.00926. The number of benzene rings is 2. The van der Waals surface area contributed by atoms with E-state index in [2.05, 4.69) is 305 Å². The third kappa shape index (κ3) is 24.3. The first kappa shape index (κ1) is 87.8. The molecule has 0 radical (unpaired) electrons. The van der Waals surface area contributed by atoms with Gasteiger partial charge >= 0.3 is 11.9 Å². The van der Waals surface area contributed by atoms with E-state index in [-0.39, 0.29) is 14.8 Å². The number of carbonyl (C=O) groups is 2. The van der Waals surface area contributed by atoms with Gasteiger partial charge in [0.05, 0.1) is 133 Å². The van der Waals surface area contributed by atoms with Crippen LogP contribution < -0.4 is 9.47 Å². The van der Waals surface area contributed by atoms with Gasteiger partial charge in [-0.3, -0.25) is 0 Å². The summed E-state index contributed by atoms with van der Waals surface area (Å²) < 4.78 is 26.1. The van der Waals surface area contributed by atoms with Crippen LogP contribution in [-0.4, -0.2) is 120 Å². The molecule has 0 aliphatic carbocycles. The minimum atomic E-state index is -1.24. The Morgan fingerprint density at radius 3 is 1.11 bits per heavy atom. The monoisotopic (exact) mass is 2070 g/mol. The van der Waals surface area contributed by atoms with Gasteiger partial charge in [-0.25, -0.2) is 39.5 Å². The number of alkyl halides is 1. The molecule has 0 atom stereocenters. The summed E-state index contributed by atoms with van der Waals surface area (Å²) in [6.07, 6.45) is 37.1. The minimum Gasteiger partial charge on any atom is -0.494 e. The molecule has 6 aliphatic rings. The topological polar surface area (TPSA) is 243 Å². The fraction of sp³-hybridized carbons (Fsp3) is 0.253. The standard InChI is InChI=1S/C37H37I3N4O3Si.C37H40N4O3Si.C25H23BrN4.2H2/c1-48(2,3)22-21-47-37(45)23-8-10-24(11-9-23)46-20-6-4-5-7-25-26-12-14-28(41-26)34(38)30-16-18-32(43-30)36(40)33-19-17-31(44-33)35(39)29-15-13-27(25)42-29;1-45(2,3)22-21-44-37(42)26-8-16-33(17-9-26)43-20-6-4-5-7-34-35-18-14-31(40-35)24-29-12-10-27(38-29)23-28-11-13-30(39-28)25-32-15-19-36(34)41-32;26-13-3-1-2-4-23-24-11-9-21(29-24)15-19-7-5-17(27-19)14-18-6-8-20(28-18)16-22-10-12-25(23)30-22;;/h8-19,41,43H,4-7,20-22H2,1-3H3;8-19,23-25,38,40H,4-7,20-22H2,1-3H3;5-12,14-16,27,30H,1-4,13H2;2*1H. The molecule has 6 aliphatic heterocycles. The summed E-state index contributed by atoms with van der Waals surface area (Å²) in [5, 5.41) is 1.06. The van der Waals surface area contributed by atoms with Crippen molar-refractivity contribution in [3.63, 3.8) is 0 Å². The van der Waals surface area contributed by atoms with Crippen molar-refractivity contribution in [1.82, 2.24) is 59.8 Å². The van der Waals surface area contributed by atoms with Gasteiger partial charge in [0.25, 0.3) is 0 Å². The maximum Gasteiger partial charge on any atom is 0.338 e. The van der Waals surface area contributed by atoms with Crippen LogP contribution in [0.15, 0.2) is 158 Å². The number of H-pyrrole nitrogens is 6. The highest BCUT2D eigenvalue weighted by Gasteiger charge is 2.20. The lowest BCUT2D eigenvalue weighted by molar-refractivity contribution is 0.0515. The van der Waals surface area contributed by atoms with Gasteiger partial charge in [0.1, 0.15) is 11.5 Å². The van der Waals surface area contributed by atoms with Gasteiger partial charge in [-0.2, -0.15) is 0 Å². The normalized spacial score (nSPS) is 12.5. The molecule has 15 heterocycles. The number of aryl methyl sites for hydroxylation is 3. The molecule has 0 saturated heterocycles. The smallest absolute Gasteiger partial charge is 0.338 e. The van der Waals surface area contributed by atoms with Crippen LogP contribution in [-0.2, 0) is 28.7 Å². The van der Waals surface area contributed by atoms with Gasteiger partial charge in [0, 0.05) is 90.7 Å². The second kappa shape index (κ2) is 41.1. The Morgan fingerprint density at radius 2 is 0.642 bits per heavy atom. The maximum atomic E-state index is 12.4. The van der Waals surface area contributed by atoms with Crippen molar-refractivity contribution in [3.05, 3.63) is 265 Å². The van der Waals surface area contributed by atoms with E-state index < -0.39 is 16.1 Å². The zero-order valence-corrected chi connectivity index (χ0v) is 80.1. The molecule has 18 nitrogen and oxygen atoms in total. The maximum absolute atomic E-state index is 12.4.